The summed E-state index contributed by atoms with van der Waals surface area (Å²) in [6.07, 6.45) is 2.32. The van der Waals surface area contributed by atoms with Gasteiger partial charge < -0.3 is 0 Å². The van der Waals surface area contributed by atoms with Gasteiger partial charge in [0.1, 0.15) is 0 Å². The molecule has 1 heterocycles. The topological polar surface area (TPSA) is 54.9 Å². The number of rotatable bonds is 1. The minimum absolute atomic E-state index is 0.212. The van der Waals surface area contributed by atoms with E-state index < -0.39 is 0 Å². The van der Waals surface area contributed by atoms with Gasteiger partial charge in [-0.2, -0.15) is 0 Å². The molecule has 0 saturated carbocycles. The molecule has 0 fully saturated rings. The first kappa shape index (κ1) is 8.71. The summed E-state index contributed by atoms with van der Waals surface area (Å²) in [6.45, 7) is 1.89. The molecule has 1 aromatic rings. The fourth-order valence-electron chi connectivity index (χ4n) is 0.806. The Morgan fingerprint density at radius 2 is 2.27 bits per heavy atom. The summed E-state index contributed by atoms with van der Waals surface area (Å²) in [7, 11) is 0. The van der Waals surface area contributed by atoms with Crippen molar-refractivity contribution >= 4 is 0 Å². The normalized spacial score (nSPS) is 10.1. The molecule has 0 aliphatic rings. The molecule has 1 aromatic heterocycles. The van der Waals surface area contributed by atoms with Gasteiger partial charge in [0.15, 0.2) is 0 Å². The van der Waals surface area contributed by atoms with Gasteiger partial charge in [-0.05, 0) is 0 Å². The van der Waals surface area contributed by atoms with Crippen molar-refractivity contribution in [3.63, 3.8) is 0 Å². The van der Waals surface area contributed by atoms with Crippen LogP contribution in [0.1, 0.15) is 12.5 Å². The van der Waals surface area contributed by atoms with Gasteiger partial charge in [0.05, 0.1) is 0 Å². The van der Waals surface area contributed by atoms with Gasteiger partial charge in [-0.25, -0.2) is 0 Å². The minimum atomic E-state index is -0.282. The van der Waals surface area contributed by atoms with Gasteiger partial charge in [0, 0.05) is 0 Å². The summed E-state index contributed by atoms with van der Waals surface area (Å²) in [4.78, 5) is 24.1. The predicted molar refractivity (Wildman–Crippen MR) is 36.1 cm³/mol. The van der Waals surface area contributed by atoms with Crippen LogP contribution in [0.4, 0.5) is 0 Å². The van der Waals surface area contributed by atoms with Crippen molar-refractivity contribution in [1.82, 2.24) is 7.32 Å². The number of nitrogens with one attached hydrogen (secondary N) is 1. The van der Waals surface area contributed by atoms with Gasteiger partial charge in [-0.3, -0.25) is 0 Å². The Morgan fingerprint density at radius 3 is 2.82 bits per heavy atom. The summed E-state index contributed by atoms with van der Waals surface area (Å²) in [5, 5.41) is 0. The third-order valence-corrected chi connectivity index (χ3v) is 3.29. The van der Waals surface area contributed by atoms with E-state index in [4.69, 9.17) is 0 Å². The molecule has 11 heavy (non-hydrogen) atoms. The molecule has 0 saturated heterocycles. The second-order valence-electron chi connectivity index (χ2n) is 2.24. The second kappa shape index (κ2) is 3.34. The molecular formula is C6H7HgN2O2. The molecule has 0 aromatic carbocycles. The van der Waals surface area contributed by atoms with Gasteiger partial charge in [-0.15, -0.1) is 0 Å². The zero-order valence-corrected chi connectivity index (χ0v) is 11.8. The van der Waals surface area contributed by atoms with Gasteiger partial charge in [0.25, 0.3) is 0 Å². The molecule has 0 spiro atoms. The van der Waals surface area contributed by atoms with E-state index in [9.17, 15) is 9.59 Å². The first-order valence-corrected chi connectivity index (χ1v) is 5.76. The Hall–Kier alpha value is -0.385. The number of aryl methyl sites for hydroxylation is 1. The van der Waals surface area contributed by atoms with Crippen molar-refractivity contribution in [1.29, 1.82) is 0 Å². The number of nitrogens with zero attached hydrogens (tertiary/aromatic N) is 1. The molecule has 0 bridgehead atoms. The van der Waals surface area contributed by atoms with E-state index >= 15 is 0 Å². The predicted octanol–water partition coefficient (Wildman–Crippen LogP) is -0.591. The maximum absolute atomic E-state index is 11.0. The van der Waals surface area contributed by atoms with Gasteiger partial charge in [-0.1, -0.05) is 0 Å². The number of H-pyrrole nitrogens is 1. The summed E-state index contributed by atoms with van der Waals surface area (Å²) in [6, 6.07) is 0. The van der Waals surface area contributed by atoms with Crippen LogP contribution >= 0.6 is 0 Å². The van der Waals surface area contributed by atoms with Crippen LogP contribution in [-0.2, 0) is 32.8 Å². The van der Waals surface area contributed by atoms with Crippen molar-refractivity contribution in [2.45, 2.75) is 13.3 Å². The zero-order valence-electron chi connectivity index (χ0n) is 6.26. The average Bonchev–Trinajstić information content (AvgIpc) is 1.97. The molecule has 1 N–H and O–H groups in total. The second-order valence-corrected chi connectivity index (χ2v) is 4.89. The van der Waals surface area contributed by atoms with Crippen molar-refractivity contribution in [2.75, 3.05) is 0 Å². The molecule has 0 unspecified atom stereocenters. The van der Waals surface area contributed by atoms with Crippen molar-refractivity contribution in [3.05, 3.63) is 32.6 Å². The first-order chi connectivity index (χ1) is 5.15. The Labute approximate surface area is 79.7 Å². The Balaban J connectivity index is 3.45. The standard InChI is InChI=1S/C6H8N2O2.Hg/c1-2-4-3-7-6(10)8-5(4)9;/h3H,2H2,1H3,(H2,7,8,9,10);/q;+1/p-1. The van der Waals surface area contributed by atoms with E-state index in [0.717, 1.165) is 0 Å². The SMILES string of the molecule is CCc1c[n]([Hg])c(=O)[nH]c1=O. The fraction of sp³-hybridized carbons (Fsp3) is 0.333. The van der Waals surface area contributed by atoms with E-state index in [1.807, 2.05) is 6.92 Å². The number of aromatic amines is 1. The number of aromatic nitrogens is 2. The van der Waals surface area contributed by atoms with Crippen LogP contribution in [0, 0.1) is 0 Å². The monoisotopic (exact) mass is 341 g/mol. The van der Waals surface area contributed by atoms with Crippen molar-refractivity contribution in [2.24, 2.45) is 0 Å². The van der Waals surface area contributed by atoms with Crippen molar-refractivity contribution in [3.8, 4) is 0 Å². The third kappa shape index (κ3) is 1.80. The average molecular weight is 340 g/mol. The third-order valence-electron chi connectivity index (χ3n) is 1.47. The Kier molecular flexibility index (Phi) is 2.65. The first-order valence-electron chi connectivity index (χ1n) is 3.31. The molecule has 0 radical (unpaired) electrons. The molecule has 55 valence electrons. The molecule has 0 atom stereocenters. The van der Waals surface area contributed by atoms with E-state index in [1.54, 1.807) is 8.53 Å². The Bertz CT molecular complexity index is 366. The molecule has 0 amide bonds. The Morgan fingerprint density at radius 1 is 1.64 bits per heavy atom. The molecule has 0 aliphatic heterocycles. The quantitative estimate of drug-likeness (QED) is 0.695. The maximum atomic E-state index is 11.0. The summed E-state index contributed by atoms with van der Waals surface area (Å²) < 4.78 is 1.56. The number of hydrogen-bond acceptors (Lipinski definition) is 2. The van der Waals surface area contributed by atoms with Gasteiger partial charge in [0.2, 0.25) is 0 Å². The van der Waals surface area contributed by atoms with E-state index in [2.05, 4.69) is 4.98 Å². The van der Waals surface area contributed by atoms with E-state index in [1.165, 1.54) is 0 Å². The molecular weight excluding hydrogens is 333 g/mol. The molecule has 1 rings (SSSR count). The number of hydrogen-bond donors (Lipinski definition) is 1. The summed E-state index contributed by atoms with van der Waals surface area (Å²) in [5.74, 6) is 0. The van der Waals surface area contributed by atoms with Crippen LogP contribution < -0.4 is 11.2 Å². The molecule has 5 heteroatoms. The molecule has 4 nitrogen and oxygen atoms in total. The van der Waals surface area contributed by atoms with Crippen LogP contribution in [0.3, 0.4) is 0 Å². The van der Waals surface area contributed by atoms with Crippen LogP contribution in [0.5, 0.6) is 0 Å². The zero-order chi connectivity index (χ0) is 8.43. The van der Waals surface area contributed by atoms with Crippen molar-refractivity contribution < 1.29 is 26.4 Å². The van der Waals surface area contributed by atoms with Crippen LogP contribution in [0.2, 0.25) is 0 Å². The summed E-state index contributed by atoms with van der Waals surface area (Å²) in [5.41, 5.74) is 0.148. The summed E-state index contributed by atoms with van der Waals surface area (Å²) >= 11 is 0.212. The fourth-order valence-corrected chi connectivity index (χ4v) is 1.97. The van der Waals surface area contributed by atoms with Crippen LogP contribution in [-0.4, -0.2) is 7.32 Å². The molecule has 0 aliphatic carbocycles. The van der Waals surface area contributed by atoms with E-state index in [0.29, 0.717) is 12.0 Å². The van der Waals surface area contributed by atoms with Crippen LogP contribution in [0.25, 0.3) is 0 Å². The van der Waals surface area contributed by atoms with E-state index in [-0.39, 0.29) is 37.7 Å². The van der Waals surface area contributed by atoms with Crippen LogP contribution in [0.15, 0.2) is 15.8 Å². The van der Waals surface area contributed by atoms with Gasteiger partial charge >= 0.3 is 79.7 Å².